The molecular weight excluding hydrogens is 390 g/mol. The van der Waals surface area contributed by atoms with Gasteiger partial charge in [0.1, 0.15) is 5.75 Å². The van der Waals surface area contributed by atoms with Gasteiger partial charge in [0.05, 0.1) is 12.0 Å². The highest BCUT2D eigenvalue weighted by Gasteiger charge is 2.47. The molecule has 0 radical (unpaired) electrons. The van der Waals surface area contributed by atoms with E-state index in [0.717, 1.165) is 18.5 Å². The van der Waals surface area contributed by atoms with E-state index in [9.17, 15) is 13.2 Å². The Morgan fingerprint density at radius 1 is 1.00 bits per heavy atom. The van der Waals surface area contributed by atoms with Crippen LogP contribution in [0.15, 0.2) is 59.5 Å². The first-order valence-corrected chi connectivity index (χ1v) is 11.2. The fourth-order valence-corrected chi connectivity index (χ4v) is 6.28. The Hall–Kier alpha value is -2.58. The first kappa shape index (κ1) is 19.7. The number of hydrogen-bond donors (Lipinski definition) is 2. The summed E-state index contributed by atoms with van der Waals surface area (Å²) in [6.07, 6.45) is 2.87. The number of rotatable bonds is 5. The van der Waals surface area contributed by atoms with Crippen LogP contribution in [0, 0.1) is 0 Å². The average molecular weight is 416 g/mol. The first-order chi connectivity index (χ1) is 14.0. The lowest BCUT2D eigenvalue weighted by Gasteiger charge is -2.38. The molecule has 2 amide bonds. The number of methoxy groups -OCH3 is 1. The molecule has 7 nitrogen and oxygen atoms in total. The second kappa shape index (κ2) is 8.04. The average Bonchev–Trinajstić information content (AvgIpc) is 3.01. The van der Waals surface area contributed by atoms with Gasteiger partial charge in [-0.1, -0.05) is 18.2 Å². The van der Waals surface area contributed by atoms with Crippen molar-refractivity contribution in [2.75, 3.05) is 12.4 Å². The van der Waals surface area contributed by atoms with Gasteiger partial charge < -0.3 is 15.4 Å². The van der Waals surface area contributed by atoms with Crippen molar-refractivity contribution < 1.29 is 17.9 Å². The van der Waals surface area contributed by atoms with Crippen LogP contribution in [0.25, 0.3) is 0 Å². The Labute approximate surface area is 171 Å². The second-order valence-corrected chi connectivity index (χ2v) is 9.37. The van der Waals surface area contributed by atoms with Crippen molar-refractivity contribution >= 4 is 21.7 Å². The van der Waals surface area contributed by atoms with Gasteiger partial charge in [0.25, 0.3) is 0 Å². The molecule has 29 heavy (non-hydrogen) atoms. The Morgan fingerprint density at radius 2 is 1.62 bits per heavy atom. The van der Waals surface area contributed by atoms with Gasteiger partial charge in [0.15, 0.2) is 0 Å². The van der Waals surface area contributed by atoms with E-state index >= 15 is 0 Å². The molecule has 2 N–H and O–H groups in total. The van der Waals surface area contributed by atoms with E-state index in [1.54, 1.807) is 35.7 Å². The number of nitrogens with zero attached hydrogens (tertiary/aromatic N) is 1. The van der Waals surface area contributed by atoms with Gasteiger partial charge in [0, 0.05) is 23.8 Å². The van der Waals surface area contributed by atoms with E-state index in [0.29, 0.717) is 18.6 Å². The van der Waals surface area contributed by atoms with Crippen molar-refractivity contribution in [2.24, 2.45) is 0 Å². The van der Waals surface area contributed by atoms with Crippen LogP contribution in [-0.2, 0) is 10.0 Å². The number of nitrogens with one attached hydrogen (secondary N) is 2. The fraction of sp³-hybridized carbons (Fsp3) is 0.381. The number of urea groups is 1. The summed E-state index contributed by atoms with van der Waals surface area (Å²) in [5.41, 5.74) is 0.729. The standard InChI is InChI=1S/C21H25N3O4S/c1-28-19-9-11-20(12-10-19)29(26,27)24-17-7-8-18(24)14-16(13-17)23-21(25)22-15-5-3-2-4-6-15/h2-6,9-12,16-18H,7-8,13-14H2,1H3,(H2,22,23,25)/t17-,18-/m0/s1. The number of fused-ring (bicyclic) bond motifs is 2. The summed E-state index contributed by atoms with van der Waals surface area (Å²) in [6, 6.07) is 15.3. The maximum atomic E-state index is 13.2. The number of hydrogen-bond acceptors (Lipinski definition) is 4. The van der Waals surface area contributed by atoms with Crippen molar-refractivity contribution in [1.82, 2.24) is 9.62 Å². The van der Waals surface area contributed by atoms with Crippen LogP contribution in [0.1, 0.15) is 25.7 Å². The van der Waals surface area contributed by atoms with Crippen molar-refractivity contribution in [3.05, 3.63) is 54.6 Å². The molecule has 2 aliphatic rings. The highest BCUT2D eigenvalue weighted by Crippen LogP contribution is 2.40. The number of para-hydroxylation sites is 1. The summed E-state index contributed by atoms with van der Waals surface area (Å²) in [5.74, 6) is 0.624. The van der Waals surface area contributed by atoms with E-state index in [1.807, 2.05) is 30.3 Å². The highest BCUT2D eigenvalue weighted by molar-refractivity contribution is 7.89. The second-order valence-electron chi connectivity index (χ2n) is 7.53. The molecule has 0 unspecified atom stereocenters. The number of sulfonamides is 1. The molecule has 0 aliphatic carbocycles. The molecule has 2 aromatic carbocycles. The predicted molar refractivity (Wildman–Crippen MR) is 110 cm³/mol. The van der Waals surface area contributed by atoms with Gasteiger partial charge in [-0.25, -0.2) is 13.2 Å². The van der Waals surface area contributed by atoms with Crippen LogP contribution in [0.3, 0.4) is 0 Å². The number of carbonyl (C=O) groups is 1. The van der Waals surface area contributed by atoms with Gasteiger partial charge in [-0.05, 0) is 62.1 Å². The van der Waals surface area contributed by atoms with Crippen molar-refractivity contribution in [1.29, 1.82) is 0 Å². The van der Waals surface area contributed by atoms with E-state index in [4.69, 9.17) is 4.74 Å². The van der Waals surface area contributed by atoms with Gasteiger partial charge in [-0.15, -0.1) is 0 Å². The minimum atomic E-state index is -3.57. The Balaban J connectivity index is 1.42. The monoisotopic (exact) mass is 415 g/mol. The van der Waals surface area contributed by atoms with Gasteiger partial charge in [-0.3, -0.25) is 0 Å². The molecular formula is C21H25N3O4S. The fourth-order valence-electron chi connectivity index (χ4n) is 4.39. The third kappa shape index (κ3) is 4.09. The molecule has 154 valence electrons. The zero-order valence-corrected chi connectivity index (χ0v) is 17.1. The number of piperidine rings is 1. The largest absolute Gasteiger partial charge is 0.497 e. The van der Waals surface area contributed by atoms with Crippen LogP contribution in [-0.4, -0.2) is 44.0 Å². The lowest BCUT2D eigenvalue weighted by Crippen LogP contribution is -2.52. The summed E-state index contributed by atoms with van der Waals surface area (Å²) >= 11 is 0. The lowest BCUT2D eigenvalue weighted by molar-refractivity contribution is 0.203. The lowest BCUT2D eigenvalue weighted by atomic mass is 10.00. The third-order valence-electron chi connectivity index (χ3n) is 5.67. The van der Waals surface area contributed by atoms with E-state index in [1.165, 1.54) is 0 Å². The zero-order chi connectivity index (χ0) is 20.4. The van der Waals surface area contributed by atoms with Crippen LogP contribution in [0.5, 0.6) is 5.75 Å². The predicted octanol–water partition coefficient (Wildman–Crippen LogP) is 3.20. The summed E-state index contributed by atoms with van der Waals surface area (Å²) in [6.45, 7) is 0. The van der Waals surface area contributed by atoms with Crippen LogP contribution < -0.4 is 15.4 Å². The Bertz CT molecular complexity index is 949. The number of ether oxygens (including phenoxy) is 1. The molecule has 0 aromatic heterocycles. The zero-order valence-electron chi connectivity index (χ0n) is 16.2. The van der Waals surface area contributed by atoms with Crippen molar-refractivity contribution in [2.45, 2.75) is 48.7 Å². The number of benzene rings is 2. The molecule has 2 aromatic rings. The van der Waals surface area contributed by atoms with Gasteiger partial charge in [-0.2, -0.15) is 4.31 Å². The van der Waals surface area contributed by atoms with Crippen molar-refractivity contribution in [3.8, 4) is 5.75 Å². The summed E-state index contributed by atoms with van der Waals surface area (Å²) in [4.78, 5) is 12.6. The topological polar surface area (TPSA) is 87.7 Å². The Kier molecular flexibility index (Phi) is 5.47. The van der Waals surface area contributed by atoms with Crippen LogP contribution in [0.4, 0.5) is 10.5 Å². The molecule has 2 saturated heterocycles. The molecule has 0 spiro atoms. The maximum Gasteiger partial charge on any atom is 0.319 e. The molecule has 4 rings (SSSR count). The van der Waals surface area contributed by atoms with E-state index < -0.39 is 10.0 Å². The maximum absolute atomic E-state index is 13.2. The summed E-state index contributed by atoms with van der Waals surface area (Å²) in [7, 11) is -2.02. The van der Waals surface area contributed by atoms with E-state index in [-0.39, 0.29) is 29.1 Å². The molecule has 2 fully saturated rings. The van der Waals surface area contributed by atoms with E-state index in [2.05, 4.69) is 10.6 Å². The van der Waals surface area contributed by atoms with Gasteiger partial charge in [0.2, 0.25) is 10.0 Å². The van der Waals surface area contributed by atoms with Gasteiger partial charge >= 0.3 is 6.03 Å². The third-order valence-corrected chi connectivity index (χ3v) is 7.69. The minimum absolute atomic E-state index is 0.0430. The molecule has 2 heterocycles. The smallest absolute Gasteiger partial charge is 0.319 e. The number of amides is 2. The van der Waals surface area contributed by atoms with Crippen LogP contribution >= 0.6 is 0 Å². The summed E-state index contributed by atoms with van der Waals surface area (Å²) in [5, 5.41) is 5.83. The normalized spacial score (nSPS) is 24.1. The summed E-state index contributed by atoms with van der Waals surface area (Å²) < 4.78 is 33.2. The number of carbonyl (C=O) groups excluding carboxylic acids is 1. The molecule has 2 bridgehead atoms. The Morgan fingerprint density at radius 3 is 2.21 bits per heavy atom. The molecule has 0 saturated carbocycles. The minimum Gasteiger partial charge on any atom is -0.497 e. The molecule has 2 aliphatic heterocycles. The quantitative estimate of drug-likeness (QED) is 0.785. The number of anilines is 1. The first-order valence-electron chi connectivity index (χ1n) is 9.77. The SMILES string of the molecule is COc1ccc(S(=O)(=O)N2[C@H]3CC[C@H]2CC(NC(=O)Nc2ccccc2)C3)cc1. The molecule has 2 atom stereocenters. The highest BCUT2D eigenvalue weighted by atomic mass is 32.2. The molecule has 8 heteroatoms. The van der Waals surface area contributed by atoms with Crippen molar-refractivity contribution in [3.63, 3.8) is 0 Å². The van der Waals surface area contributed by atoms with Crippen LogP contribution in [0.2, 0.25) is 0 Å².